The third kappa shape index (κ3) is 2.14. The van der Waals surface area contributed by atoms with Gasteiger partial charge < -0.3 is 4.57 Å². The molecular weight excluding hydrogens is 242 g/mol. The highest BCUT2D eigenvalue weighted by atomic mass is 35.5. The van der Waals surface area contributed by atoms with Crippen molar-refractivity contribution in [2.24, 2.45) is 0 Å². The Balaban J connectivity index is 2.02. The van der Waals surface area contributed by atoms with Crippen LogP contribution in [-0.4, -0.2) is 4.57 Å². The number of benzene rings is 2. The third-order valence-corrected chi connectivity index (χ3v) is 3.41. The van der Waals surface area contributed by atoms with Crippen molar-refractivity contribution < 1.29 is 0 Å². The Kier molecular flexibility index (Phi) is 2.85. The number of hydrogen-bond donors (Lipinski definition) is 0. The maximum atomic E-state index is 6.06. The Morgan fingerprint density at radius 1 is 1.06 bits per heavy atom. The van der Waals surface area contributed by atoms with E-state index >= 15 is 0 Å². The molecule has 0 amide bonds. The van der Waals surface area contributed by atoms with Crippen LogP contribution in [0, 0.1) is 6.92 Å². The van der Waals surface area contributed by atoms with Gasteiger partial charge in [-0.15, -0.1) is 0 Å². The summed E-state index contributed by atoms with van der Waals surface area (Å²) in [6.45, 7) is 3.00. The lowest BCUT2D eigenvalue weighted by atomic mass is 10.1. The van der Waals surface area contributed by atoms with Crippen LogP contribution in [0.3, 0.4) is 0 Å². The summed E-state index contributed by atoms with van der Waals surface area (Å²) in [5, 5.41) is 2.01. The van der Waals surface area contributed by atoms with E-state index in [1.54, 1.807) is 0 Å². The zero-order valence-corrected chi connectivity index (χ0v) is 11.0. The molecule has 1 nitrogen and oxygen atoms in total. The Morgan fingerprint density at radius 2 is 1.94 bits per heavy atom. The summed E-state index contributed by atoms with van der Waals surface area (Å²) in [6.07, 6.45) is 2.11. The fraction of sp³-hybridized carbons (Fsp3) is 0.125. The van der Waals surface area contributed by atoms with E-state index < -0.39 is 0 Å². The van der Waals surface area contributed by atoms with Crippen molar-refractivity contribution >= 4 is 22.5 Å². The highest BCUT2D eigenvalue weighted by Gasteiger charge is 2.02. The second-order valence-corrected chi connectivity index (χ2v) is 5.07. The van der Waals surface area contributed by atoms with Gasteiger partial charge in [0.2, 0.25) is 0 Å². The fourth-order valence-electron chi connectivity index (χ4n) is 2.30. The number of aromatic nitrogens is 1. The molecule has 1 heterocycles. The molecule has 0 aliphatic carbocycles. The first-order valence-electron chi connectivity index (χ1n) is 6.02. The number of aryl methyl sites for hydroxylation is 1. The van der Waals surface area contributed by atoms with Gasteiger partial charge in [-0.25, -0.2) is 0 Å². The molecule has 0 aliphatic heterocycles. The number of halogens is 1. The standard InChI is InChI=1S/C16H14ClN/c1-12-3-2-4-13(9-12)11-18-8-7-14-5-6-15(17)10-16(14)18/h2-10H,11H2,1H3. The van der Waals surface area contributed by atoms with Crippen LogP contribution in [0.15, 0.2) is 54.7 Å². The molecule has 0 unspecified atom stereocenters. The van der Waals surface area contributed by atoms with Crippen LogP contribution in [-0.2, 0) is 6.54 Å². The van der Waals surface area contributed by atoms with Crippen molar-refractivity contribution in [3.8, 4) is 0 Å². The van der Waals surface area contributed by atoms with Gasteiger partial charge in [0.25, 0.3) is 0 Å². The second-order valence-electron chi connectivity index (χ2n) is 4.64. The summed E-state index contributed by atoms with van der Waals surface area (Å²) in [5.41, 5.74) is 3.79. The van der Waals surface area contributed by atoms with Crippen LogP contribution in [0.2, 0.25) is 5.02 Å². The normalized spacial score (nSPS) is 11.0. The summed E-state index contributed by atoms with van der Waals surface area (Å²) in [4.78, 5) is 0. The van der Waals surface area contributed by atoms with E-state index in [1.807, 2.05) is 12.1 Å². The van der Waals surface area contributed by atoms with Gasteiger partial charge in [0.15, 0.2) is 0 Å². The van der Waals surface area contributed by atoms with Crippen LogP contribution in [0.5, 0.6) is 0 Å². The molecule has 0 saturated carbocycles. The highest BCUT2D eigenvalue weighted by molar-refractivity contribution is 6.31. The van der Waals surface area contributed by atoms with Crippen LogP contribution in [0.25, 0.3) is 10.9 Å². The van der Waals surface area contributed by atoms with Crippen molar-refractivity contribution in [1.82, 2.24) is 4.57 Å². The summed E-state index contributed by atoms with van der Waals surface area (Å²) < 4.78 is 2.23. The van der Waals surface area contributed by atoms with Gasteiger partial charge in [0.05, 0.1) is 0 Å². The molecule has 2 aromatic carbocycles. The fourth-order valence-corrected chi connectivity index (χ4v) is 2.47. The van der Waals surface area contributed by atoms with Crippen molar-refractivity contribution in [3.63, 3.8) is 0 Å². The van der Waals surface area contributed by atoms with E-state index in [4.69, 9.17) is 11.6 Å². The van der Waals surface area contributed by atoms with Crippen molar-refractivity contribution in [2.45, 2.75) is 13.5 Å². The minimum absolute atomic E-state index is 0.784. The number of rotatable bonds is 2. The summed E-state index contributed by atoms with van der Waals surface area (Å²) >= 11 is 6.06. The van der Waals surface area contributed by atoms with Gasteiger partial charge in [-0.2, -0.15) is 0 Å². The minimum Gasteiger partial charge on any atom is -0.343 e. The average molecular weight is 256 g/mol. The molecule has 2 heteroatoms. The number of hydrogen-bond acceptors (Lipinski definition) is 0. The molecule has 3 aromatic rings. The van der Waals surface area contributed by atoms with Crippen LogP contribution in [0.4, 0.5) is 0 Å². The third-order valence-electron chi connectivity index (χ3n) is 3.17. The lowest BCUT2D eigenvalue weighted by Crippen LogP contribution is -1.97. The van der Waals surface area contributed by atoms with E-state index in [1.165, 1.54) is 22.0 Å². The summed E-state index contributed by atoms with van der Waals surface area (Å²) in [7, 11) is 0. The molecule has 3 rings (SSSR count). The Labute approximate surface area is 112 Å². The maximum Gasteiger partial charge on any atom is 0.0498 e. The molecule has 90 valence electrons. The molecule has 0 bridgehead atoms. The zero-order chi connectivity index (χ0) is 12.5. The predicted octanol–water partition coefficient (Wildman–Crippen LogP) is 4.65. The van der Waals surface area contributed by atoms with Gasteiger partial charge in [-0.05, 0) is 36.1 Å². The Morgan fingerprint density at radius 3 is 2.78 bits per heavy atom. The van der Waals surface area contributed by atoms with E-state index in [9.17, 15) is 0 Å². The number of nitrogens with zero attached hydrogens (tertiary/aromatic N) is 1. The van der Waals surface area contributed by atoms with Crippen LogP contribution >= 0.6 is 11.6 Å². The van der Waals surface area contributed by atoms with Gasteiger partial charge >= 0.3 is 0 Å². The molecule has 18 heavy (non-hydrogen) atoms. The van der Waals surface area contributed by atoms with E-state index in [0.29, 0.717) is 0 Å². The lowest BCUT2D eigenvalue weighted by molar-refractivity contribution is 0.836. The number of fused-ring (bicyclic) bond motifs is 1. The lowest BCUT2D eigenvalue weighted by Gasteiger charge is -2.06. The first-order valence-corrected chi connectivity index (χ1v) is 6.40. The van der Waals surface area contributed by atoms with E-state index in [0.717, 1.165) is 11.6 Å². The quantitative estimate of drug-likeness (QED) is 0.628. The van der Waals surface area contributed by atoms with Crippen LogP contribution < -0.4 is 0 Å². The highest BCUT2D eigenvalue weighted by Crippen LogP contribution is 2.21. The summed E-state index contributed by atoms with van der Waals surface area (Å²) in [6, 6.07) is 16.7. The topological polar surface area (TPSA) is 4.93 Å². The SMILES string of the molecule is Cc1cccc(Cn2ccc3ccc(Cl)cc32)c1. The zero-order valence-electron chi connectivity index (χ0n) is 10.2. The smallest absolute Gasteiger partial charge is 0.0498 e. The van der Waals surface area contributed by atoms with E-state index in [-0.39, 0.29) is 0 Å². The molecular formula is C16H14ClN. The first kappa shape index (κ1) is 11.4. The second kappa shape index (κ2) is 4.51. The van der Waals surface area contributed by atoms with Gasteiger partial charge in [0.1, 0.15) is 0 Å². The molecule has 0 radical (unpaired) electrons. The molecule has 0 saturated heterocycles. The molecule has 1 aromatic heterocycles. The minimum atomic E-state index is 0.784. The largest absolute Gasteiger partial charge is 0.343 e. The predicted molar refractivity (Wildman–Crippen MR) is 77.2 cm³/mol. The molecule has 0 N–H and O–H groups in total. The van der Waals surface area contributed by atoms with Gasteiger partial charge in [0, 0.05) is 23.3 Å². The summed E-state index contributed by atoms with van der Waals surface area (Å²) in [5.74, 6) is 0. The van der Waals surface area contributed by atoms with Gasteiger partial charge in [-0.1, -0.05) is 47.5 Å². The van der Waals surface area contributed by atoms with Crippen molar-refractivity contribution in [2.75, 3.05) is 0 Å². The molecule has 0 fully saturated rings. The van der Waals surface area contributed by atoms with E-state index in [2.05, 4.69) is 54.1 Å². The van der Waals surface area contributed by atoms with Crippen LogP contribution in [0.1, 0.15) is 11.1 Å². The monoisotopic (exact) mass is 255 g/mol. The maximum absolute atomic E-state index is 6.06. The van der Waals surface area contributed by atoms with Crippen molar-refractivity contribution in [1.29, 1.82) is 0 Å². The average Bonchev–Trinajstić information content (AvgIpc) is 2.72. The first-order chi connectivity index (χ1) is 8.72. The van der Waals surface area contributed by atoms with Crippen molar-refractivity contribution in [3.05, 3.63) is 70.9 Å². The molecule has 0 aliphatic rings. The Bertz CT molecular complexity index is 697. The molecule has 0 atom stereocenters. The molecule has 0 spiro atoms. The van der Waals surface area contributed by atoms with Gasteiger partial charge in [-0.3, -0.25) is 0 Å². The Hall–Kier alpha value is -1.73.